The number of aromatic hydroxyl groups is 1. The number of hydrogen-bond acceptors (Lipinski definition) is 7. The number of ketones is 1. The molecule has 8 nitrogen and oxygen atoms in total. The van der Waals surface area contributed by atoms with Gasteiger partial charge in [-0.1, -0.05) is 24.3 Å². The Kier molecular flexibility index (Phi) is 6.87. The van der Waals surface area contributed by atoms with Crippen LogP contribution in [-0.2, 0) is 27.3 Å². The van der Waals surface area contributed by atoms with E-state index in [1.54, 1.807) is 61.5 Å². The molecule has 0 radical (unpaired) electrons. The Hall–Kier alpha value is -4.59. The summed E-state index contributed by atoms with van der Waals surface area (Å²) in [5, 5.41) is 21.2. The van der Waals surface area contributed by atoms with Crippen molar-refractivity contribution in [3.63, 3.8) is 0 Å². The Morgan fingerprint density at radius 2 is 1.74 bits per heavy atom. The topological polar surface area (TPSA) is 113 Å². The third-order valence-electron chi connectivity index (χ3n) is 6.75. The summed E-state index contributed by atoms with van der Waals surface area (Å²) in [5.74, 6) is -1.48. The summed E-state index contributed by atoms with van der Waals surface area (Å²) in [6.07, 6.45) is 1.64. The number of hydrogen-bond donors (Lipinski definition) is 2. The number of carbonyl (C=O) groups excluding carboxylic acids is 3. The standard InChI is InChI=1S/C30H27NO7/c1-2-37-30(36)20-7-5-18(6-8-20)17-31-26(19-9-12-23(32)13-10-19)25(28(34)29(31)35)27(33)22-11-14-24-21(16-22)4-3-15-38-24/h5-14,16,26,32-33H,2-4,15,17H2,1H3/b27-25-. The summed E-state index contributed by atoms with van der Waals surface area (Å²) in [5.41, 5.74) is 2.96. The molecule has 38 heavy (non-hydrogen) atoms. The van der Waals surface area contributed by atoms with Crippen molar-refractivity contribution in [2.75, 3.05) is 13.2 Å². The fraction of sp³-hybridized carbons (Fsp3) is 0.233. The molecule has 3 aromatic carbocycles. The van der Waals surface area contributed by atoms with Crippen LogP contribution < -0.4 is 4.74 Å². The van der Waals surface area contributed by atoms with Gasteiger partial charge in [-0.3, -0.25) is 9.59 Å². The van der Waals surface area contributed by atoms with E-state index in [1.165, 1.54) is 17.0 Å². The van der Waals surface area contributed by atoms with E-state index in [-0.39, 0.29) is 30.2 Å². The van der Waals surface area contributed by atoms with Crippen molar-refractivity contribution in [2.24, 2.45) is 0 Å². The summed E-state index contributed by atoms with van der Waals surface area (Å²) in [7, 11) is 0. The van der Waals surface area contributed by atoms with E-state index in [9.17, 15) is 24.6 Å². The molecule has 2 N–H and O–H groups in total. The number of benzene rings is 3. The van der Waals surface area contributed by atoms with Crippen molar-refractivity contribution in [2.45, 2.75) is 32.4 Å². The fourth-order valence-electron chi connectivity index (χ4n) is 4.87. The molecule has 1 amide bonds. The maximum atomic E-state index is 13.3. The molecule has 2 heterocycles. The first-order valence-corrected chi connectivity index (χ1v) is 12.5. The van der Waals surface area contributed by atoms with Crippen LogP contribution in [0.15, 0.2) is 72.3 Å². The molecule has 1 fully saturated rings. The Balaban J connectivity index is 1.55. The van der Waals surface area contributed by atoms with Crippen LogP contribution in [0.25, 0.3) is 5.76 Å². The zero-order valence-electron chi connectivity index (χ0n) is 20.8. The van der Waals surface area contributed by atoms with Crippen molar-refractivity contribution in [1.29, 1.82) is 0 Å². The van der Waals surface area contributed by atoms with Crippen LogP contribution in [0.5, 0.6) is 11.5 Å². The largest absolute Gasteiger partial charge is 0.508 e. The van der Waals surface area contributed by atoms with Gasteiger partial charge < -0.3 is 24.6 Å². The highest BCUT2D eigenvalue weighted by Crippen LogP contribution is 2.41. The van der Waals surface area contributed by atoms with Gasteiger partial charge in [0.1, 0.15) is 17.3 Å². The second-order valence-electron chi connectivity index (χ2n) is 9.21. The highest BCUT2D eigenvalue weighted by Gasteiger charge is 2.46. The number of likely N-dealkylation sites (tertiary alicyclic amines) is 1. The molecule has 0 aliphatic carbocycles. The molecule has 5 rings (SSSR count). The van der Waals surface area contributed by atoms with E-state index < -0.39 is 23.7 Å². The fourth-order valence-corrected chi connectivity index (χ4v) is 4.87. The second-order valence-corrected chi connectivity index (χ2v) is 9.21. The molecular weight excluding hydrogens is 486 g/mol. The number of aryl methyl sites for hydroxylation is 1. The molecular formula is C30H27NO7. The van der Waals surface area contributed by atoms with Crippen LogP contribution in [0.2, 0.25) is 0 Å². The lowest BCUT2D eigenvalue weighted by atomic mass is 9.94. The monoisotopic (exact) mass is 513 g/mol. The number of phenolic OH excluding ortho intramolecular Hbond substituents is 1. The highest BCUT2D eigenvalue weighted by atomic mass is 16.5. The molecule has 0 aromatic heterocycles. The highest BCUT2D eigenvalue weighted by molar-refractivity contribution is 6.46. The van der Waals surface area contributed by atoms with Gasteiger partial charge in [0.15, 0.2) is 0 Å². The molecule has 0 spiro atoms. The van der Waals surface area contributed by atoms with Gasteiger partial charge in [0, 0.05) is 12.1 Å². The van der Waals surface area contributed by atoms with Crippen LogP contribution in [0.3, 0.4) is 0 Å². The third-order valence-corrected chi connectivity index (χ3v) is 6.75. The zero-order chi connectivity index (χ0) is 26.8. The number of aliphatic hydroxyl groups excluding tert-OH is 1. The number of carbonyl (C=O) groups is 3. The van der Waals surface area contributed by atoms with Gasteiger partial charge >= 0.3 is 5.97 Å². The van der Waals surface area contributed by atoms with E-state index in [2.05, 4.69) is 0 Å². The number of Topliss-reactive ketones (excluding diaryl/α,β-unsaturated/α-hetero) is 1. The van der Waals surface area contributed by atoms with Crippen LogP contribution >= 0.6 is 0 Å². The lowest BCUT2D eigenvalue weighted by Crippen LogP contribution is -2.29. The van der Waals surface area contributed by atoms with Crippen molar-refractivity contribution in [3.05, 3.63) is 100 Å². The van der Waals surface area contributed by atoms with Crippen LogP contribution in [0.1, 0.15) is 52.0 Å². The summed E-state index contributed by atoms with van der Waals surface area (Å²) >= 11 is 0. The van der Waals surface area contributed by atoms with Crippen LogP contribution in [0, 0.1) is 0 Å². The molecule has 2 aliphatic rings. The summed E-state index contributed by atoms with van der Waals surface area (Å²) in [6.45, 7) is 2.68. The zero-order valence-corrected chi connectivity index (χ0v) is 20.8. The third kappa shape index (κ3) is 4.72. The van der Waals surface area contributed by atoms with E-state index in [4.69, 9.17) is 9.47 Å². The van der Waals surface area contributed by atoms with Crippen molar-refractivity contribution >= 4 is 23.4 Å². The lowest BCUT2D eigenvalue weighted by molar-refractivity contribution is -0.140. The van der Waals surface area contributed by atoms with Gasteiger partial charge in [0.2, 0.25) is 0 Å². The Morgan fingerprint density at radius 1 is 1.03 bits per heavy atom. The Morgan fingerprint density at radius 3 is 2.45 bits per heavy atom. The maximum Gasteiger partial charge on any atom is 0.338 e. The number of nitrogens with zero attached hydrogens (tertiary/aromatic N) is 1. The van der Waals surface area contributed by atoms with E-state index in [0.29, 0.717) is 28.9 Å². The minimum atomic E-state index is -0.882. The number of aliphatic hydroxyl groups is 1. The van der Waals surface area contributed by atoms with Gasteiger partial charge in [0.25, 0.3) is 11.7 Å². The number of rotatable bonds is 6. The smallest absolute Gasteiger partial charge is 0.338 e. The molecule has 194 valence electrons. The number of fused-ring (bicyclic) bond motifs is 1. The summed E-state index contributed by atoms with van der Waals surface area (Å²) in [4.78, 5) is 40.0. The molecule has 1 atom stereocenters. The Labute approximate surface area is 219 Å². The first kappa shape index (κ1) is 25.1. The van der Waals surface area contributed by atoms with Gasteiger partial charge in [0.05, 0.1) is 30.4 Å². The second kappa shape index (κ2) is 10.4. The SMILES string of the molecule is CCOC(=O)c1ccc(CN2C(=O)C(=O)/C(=C(\O)c3ccc4c(c3)CCCO4)C2c2ccc(O)cc2)cc1. The number of phenols is 1. The lowest BCUT2D eigenvalue weighted by Gasteiger charge is -2.25. The summed E-state index contributed by atoms with van der Waals surface area (Å²) < 4.78 is 10.7. The van der Waals surface area contributed by atoms with Crippen LogP contribution in [0.4, 0.5) is 0 Å². The number of amides is 1. The number of ether oxygens (including phenoxy) is 2. The van der Waals surface area contributed by atoms with Gasteiger partial charge in [-0.05, 0) is 78.9 Å². The van der Waals surface area contributed by atoms with E-state index in [1.807, 2.05) is 0 Å². The normalized spacial score (nSPS) is 18.1. The Bertz CT molecular complexity index is 1420. The molecule has 1 saturated heterocycles. The van der Waals surface area contributed by atoms with Crippen LogP contribution in [-0.4, -0.2) is 46.0 Å². The van der Waals surface area contributed by atoms with Gasteiger partial charge in [-0.15, -0.1) is 0 Å². The molecule has 3 aromatic rings. The van der Waals surface area contributed by atoms with Crippen molar-refractivity contribution < 1.29 is 34.1 Å². The van der Waals surface area contributed by atoms with Crippen molar-refractivity contribution in [1.82, 2.24) is 4.90 Å². The molecule has 0 saturated carbocycles. The molecule has 8 heteroatoms. The quantitative estimate of drug-likeness (QED) is 0.216. The summed E-state index contributed by atoms with van der Waals surface area (Å²) in [6, 6.07) is 17.1. The van der Waals surface area contributed by atoms with Crippen molar-refractivity contribution in [3.8, 4) is 11.5 Å². The minimum Gasteiger partial charge on any atom is -0.508 e. The maximum absolute atomic E-state index is 13.3. The first-order valence-electron chi connectivity index (χ1n) is 12.5. The molecule has 0 bridgehead atoms. The average molecular weight is 514 g/mol. The minimum absolute atomic E-state index is 0.0273. The predicted octanol–water partition coefficient (Wildman–Crippen LogP) is 4.52. The predicted molar refractivity (Wildman–Crippen MR) is 139 cm³/mol. The van der Waals surface area contributed by atoms with E-state index in [0.717, 1.165) is 24.2 Å². The van der Waals surface area contributed by atoms with Gasteiger partial charge in [-0.25, -0.2) is 4.79 Å². The number of esters is 1. The molecule has 2 aliphatic heterocycles. The average Bonchev–Trinajstić information content (AvgIpc) is 3.18. The van der Waals surface area contributed by atoms with E-state index >= 15 is 0 Å². The van der Waals surface area contributed by atoms with Gasteiger partial charge in [-0.2, -0.15) is 0 Å². The molecule has 1 unspecified atom stereocenters. The first-order chi connectivity index (χ1) is 18.4.